The quantitative estimate of drug-likeness (QED) is 0.556. The molecule has 0 spiro atoms. The third kappa shape index (κ3) is 4.78. The molecule has 1 aliphatic heterocycles. The number of carbonyl (C=O) groups is 2. The molecule has 2 aromatic rings. The van der Waals surface area contributed by atoms with E-state index in [1.807, 2.05) is 32.0 Å². The molecule has 140 valence electrons. The van der Waals surface area contributed by atoms with Crippen LogP contribution < -0.4 is 4.74 Å². The Morgan fingerprint density at radius 1 is 1.19 bits per heavy atom. The van der Waals surface area contributed by atoms with Crippen molar-refractivity contribution in [3.8, 4) is 5.75 Å². The van der Waals surface area contributed by atoms with E-state index in [4.69, 9.17) is 4.74 Å². The van der Waals surface area contributed by atoms with E-state index in [9.17, 15) is 14.0 Å². The summed E-state index contributed by atoms with van der Waals surface area (Å²) in [6, 6.07) is 11.2. The Morgan fingerprint density at radius 3 is 2.52 bits per heavy atom. The second kappa shape index (κ2) is 8.27. The normalized spacial score (nSPS) is 15.9. The van der Waals surface area contributed by atoms with Crippen LogP contribution in [0.3, 0.4) is 0 Å². The van der Waals surface area contributed by atoms with Gasteiger partial charge in [-0.3, -0.25) is 14.5 Å². The second-order valence-corrected chi connectivity index (χ2v) is 8.10. The fraction of sp³-hybridized carbons (Fsp3) is 0.200. The molecular formula is C20H17BrFNO3S. The molecule has 1 aliphatic rings. The minimum atomic E-state index is -0.358. The van der Waals surface area contributed by atoms with Gasteiger partial charge in [-0.1, -0.05) is 18.2 Å². The number of hydrogen-bond acceptors (Lipinski definition) is 4. The number of amides is 2. The highest BCUT2D eigenvalue weighted by Gasteiger charge is 2.35. The van der Waals surface area contributed by atoms with E-state index >= 15 is 0 Å². The van der Waals surface area contributed by atoms with E-state index in [1.165, 1.54) is 12.1 Å². The molecule has 0 aliphatic carbocycles. The third-order valence-electron chi connectivity index (χ3n) is 3.74. The van der Waals surface area contributed by atoms with Crippen LogP contribution in [0.2, 0.25) is 0 Å². The molecule has 2 amide bonds. The average Bonchev–Trinajstić information content (AvgIpc) is 2.86. The summed E-state index contributed by atoms with van der Waals surface area (Å²) in [5.74, 6) is 0.00257. The number of ether oxygens (including phenoxy) is 1. The van der Waals surface area contributed by atoms with Crippen molar-refractivity contribution >= 4 is 44.9 Å². The Morgan fingerprint density at radius 2 is 1.89 bits per heavy atom. The van der Waals surface area contributed by atoms with Gasteiger partial charge in [0, 0.05) is 0 Å². The number of nitrogens with zero attached hydrogens (tertiary/aromatic N) is 1. The van der Waals surface area contributed by atoms with Crippen LogP contribution >= 0.6 is 27.7 Å². The SMILES string of the molecule is CC(C)Oc1ccc(/C=C2\SC(=O)N(Cc3ccc(F)cc3)C2=O)cc1Br. The lowest BCUT2D eigenvalue weighted by atomic mass is 10.2. The Kier molecular flexibility index (Phi) is 6.01. The molecule has 0 bridgehead atoms. The first-order valence-electron chi connectivity index (χ1n) is 8.29. The maximum absolute atomic E-state index is 13.0. The van der Waals surface area contributed by atoms with Crippen molar-refractivity contribution < 1.29 is 18.7 Å². The van der Waals surface area contributed by atoms with Crippen LogP contribution in [-0.2, 0) is 11.3 Å². The van der Waals surface area contributed by atoms with Gasteiger partial charge in [0.05, 0.1) is 22.0 Å². The van der Waals surface area contributed by atoms with Crippen molar-refractivity contribution in [2.45, 2.75) is 26.5 Å². The van der Waals surface area contributed by atoms with Crippen molar-refractivity contribution in [3.63, 3.8) is 0 Å². The van der Waals surface area contributed by atoms with E-state index in [-0.39, 0.29) is 29.6 Å². The lowest BCUT2D eigenvalue weighted by Gasteiger charge is -2.12. The molecule has 0 atom stereocenters. The van der Waals surface area contributed by atoms with Gasteiger partial charge in [0.15, 0.2) is 0 Å². The first-order valence-corrected chi connectivity index (χ1v) is 9.90. The van der Waals surface area contributed by atoms with E-state index in [2.05, 4.69) is 15.9 Å². The van der Waals surface area contributed by atoms with Crippen LogP contribution in [0, 0.1) is 5.82 Å². The third-order valence-corrected chi connectivity index (χ3v) is 5.27. The second-order valence-electron chi connectivity index (χ2n) is 6.25. The maximum Gasteiger partial charge on any atom is 0.293 e. The molecule has 7 heteroatoms. The van der Waals surface area contributed by atoms with Gasteiger partial charge in [-0.2, -0.15) is 0 Å². The lowest BCUT2D eigenvalue weighted by molar-refractivity contribution is -0.123. The molecule has 0 unspecified atom stereocenters. The van der Waals surface area contributed by atoms with Gasteiger partial charge in [0.1, 0.15) is 11.6 Å². The molecule has 0 saturated carbocycles. The van der Waals surface area contributed by atoms with Gasteiger partial charge in [-0.15, -0.1) is 0 Å². The van der Waals surface area contributed by atoms with Crippen LogP contribution in [0.15, 0.2) is 51.8 Å². The van der Waals surface area contributed by atoms with Gasteiger partial charge in [0.25, 0.3) is 11.1 Å². The number of thioether (sulfide) groups is 1. The number of imide groups is 1. The maximum atomic E-state index is 13.0. The molecule has 27 heavy (non-hydrogen) atoms. The smallest absolute Gasteiger partial charge is 0.293 e. The van der Waals surface area contributed by atoms with Gasteiger partial charge in [0.2, 0.25) is 0 Å². The van der Waals surface area contributed by atoms with Crippen LogP contribution in [0.5, 0.6) is 5.75 Å². The minimum absolute atomic E-state index is 0.0510. The predicted molar refractivity (Wildman–Crippen MR) is 108 cm³/mol. The number of hydrogen-bond donors (Lipinski definition) is 0. The van der Waals surface area contributed by atoms with Gasteiger partial charge in [-0.05, 0) is 83.0 Å². The average molecular weight is 450 g/mol. The van der Waals surface area contributed by atoms with Gasteiger partial charge < -0.3 is 4.74 Å². The molecule has 1 saturated heterocycles. The van der Waals surface area contributed by atoms with Crippen LogP contribution in [-0.4, -0.2) is 22.2 Å². The molecule has 4 nitrogen and oxygen atoms in total. The fourth-order valence-corrected chi connectivity index (χ4v) is 3.84. The summed E-state index contributed by atoms with van der Waals surface area (Å²) in [6.45, 7) is 4.00. The van der Waals surface area contributed by atoms with E-state index in [0.29, 0.717) is 16.2 Å². The summed E-state index contributed by atoms with van der Waals surface area (Å²) in [5.41, 5.74) is 1.48. The fourth-order valence-electron chi connectivity index (χ4n) is 2.52. The van der Waals surface area contributed by atoms with E-state index in [1.54, 1.807) is 18.2 Å². The topological polar surface area (TPSA) is 46.6 Å². The standard InChI is InChI=1S/C20H17BrFNO3S/c1-12(2)26-17-8-5-14(9-16(17)21)10-18-19(24)23(20(25)27-18)11-13-3-6-15(22)7-4-13/h3-10,12H,11H2,1-2H3/b18-10-. The van der Waals surface area contributed by atoms with Crippen LogP contribution in [0.4, 0.5) is 9.18 Å². The van der Waals surface area contributed by atoms with Gasteiger partial charge in [-0.25, -0.2) is 4.39 Å². The summed E-state index contributed by atoms with van der Waals surface area (Å²) in [7, 11) is 0. The van der Waals surface area contributed by atoms with Crippen LogP contribution in [0.1, 0.15) is 25.0 Å². The zero-order valence-electron chi connectivity index (χ0n) is 14.7. The summed E-state index contributed by atoms with van der Waals surface area (Å²) in [6.07, 6.45) is 1.73. The molecule has 3 rings (SSSR count). The predicted octanol–water partition coefficient (Wildman–Crippen LogP) is 5.61. The summed E-state index contributed by atoms with van der Waals surface area (Å²) in [4.78, 5) is 26.3. The summed E-state index contributed by atoms with van der Waals surface area (Å²) in [5, 5.41) is -0.339. The largest absolute Gasteiger partial charge is 0.490 e. The molecule has 1 fully saturated rings. The number of carbonyl (C=O) groups excluding carboxylic acids is 2. The van der Waals surface area contributed by atoms with Crippen molar-refractivity contribution in [3.05, 3.63) is 68.8 Å². The molecular weight excluding hydrogens is 433 g/mol. The first kappa shape index (κ1) is 19.6. The van der Waals surface area contributed by atoms with Crippen molar-refractivity contribution in [2.24, 2.45) is 0 Å². The minimum Gasteiger partial charge on any atom is -0.490 e. The first-order chi connectivity index (χ1) is 12.8. The number of rotatable bonds is 5. The molecule has 0 N–H and O–H groups in total. The van der Waals surface area contributed by atoms with E-state index < -0.39 is 0 Å². The Labute approximate surface area is 169 Å². The summed E-state index contributed by atoms with van der Waals surface area (Å²) < 4.78 is 19.5. The highest BCUT2D eigenvalue weighted by Crippen LogP contribution is 2.34. The van der Waals surface area contributed by atoms with E-state index in [0.717, 1.165) is 26.7 Å². The Balaban J connectivity index is 1.77. The molecule has 1 heterocycles. The zero-order chi connectivity index (χ0) is 19.6. The highest BCUT2D eigenvalue weighted by atomic mass is 79.9. The Bertz CT molecular complexity index is 912. The number of benzene rings is 2. The number of halogens is 2. The zero-order valence-corrected chi connectivity index (χ0v) is 17.1. The molecule has 0 aromatic heterocycles. The summed E-state index contributed by atoms with van der Waals surface area (Å²) >= 11 is 4.36. The van der Waals surface area contributed by atoms with Crippen LogP contribution in [0.25, 0.3) is 6.08 Å². The highest BCUT2D eigenvalue weighted by molar-refractivity contribution is 9.10. The Hall–Kier alpha value is -2.12. The van der Waals surface area contributed by atoms with Gasteiger partial charge >= 0.3 is 0 Å². The molecule has 0 radical (unpaired) electrons. The van der Waals surface area contributed by atoms with Crippen molar-refractivity contribution in [1.82, 2.24) is 4.90 Å². The van der Waals surface area contributed by atoms with Crippen molar-refractivity contribution in [1.29, 1.82) is 0 Å². The molecule has 2 aromatic carbocycles. The van der Waals surface area contributed by atoms with Crippen molar-refractivity contribution in [2.75, 3.05) is 0 Å². The lowest BCUT2D eigenvalue weighted by Crippen LogP contribution is -2.27. The monoisotopic (exact) mass is 449 g/mol.